The van der Waals surface area contributed by atoms with Gasteiger partial charge < -0.3 is 15.1 Å². The third-order valence-electron chi connectivity index (χ3n) is 4.72. The molecule has 1 aromatic rings. The van der Waals surface area contributed by atoms with Gasteiger partial charge in [-0.3, -0.25) is 4.79 Å². The predicted molar refractivity (Wildman–Crippen MR) is 91.0 cm³/mol. The first kappa shape index (κ1) is 18.7. The smallest absolute Gasteiger partial charge is 0.268 e. The van der Waals surface area contributed by atoms with Crippen LogP contribution in [0.1, 0.15) is 19.3 Å². The second-order valence-electron chi connectivity index (χ2n) is 6.58. The third-order valence-corrected chi connectivity index (χ3v) is 4.92. The van der Waals surface area contributed by atoms with Crippen molar-refractivity contribution in [2.45, 2.75) is 37.3 Å². The SMILES string of the molecule is N#CC1CC(F)(F)CN1C(=O)CNC1CCN(c2ccc(Cl)nn2)CC1. The number of nitriles is 1. The van der Waals surface area contributed by atoms with Crippen molar-refractivity contribution in [2.75, 3.05) is 31.1 Å². The zero-order valence-electron chi connectivity index (χ0n) is 14.0. The summed E-state index contributed by atoms with van der Waals surface area (Å²) in [5.41, 5.74) is 0. The van der Waals surface area contributed by atoms with Crippen LogP contribution in [0.4, 0.5) is 14.6 Å². The van der Waals surface area contributed by atoms with Crippen LogP contribution in [0.25, 0.3) is 0 Å². The van der Waals surface area contributed by atoms with Crippen LogP contribution in [0.5, 0.6) is 0 Å². The zero-order valence-corrected chi connectivity index (χ0v) is 14.8. The summed E-state index contributed by atoms with van der Waals surface area (Å²) in [5.74, 6) is -2.69. The largest absolute Gasteiger partial charge is 0.355 e. The lowest BCUT2D eigenvalue weighted by Crippen LogP contribution is -2.47. The first-order valence-electron chi connectivity index (χ1n) is 8.42. The Morgan fingerprint density at radius 1 is 1.38 bits per heavy atom. The summed E-state index contributed by atoms with van der Waals surface area (Å²) in [6.07, 6.45) is 0.987. The summed E-state index contributed by atoms with van der Waals surface area (Å²) in [5, 5.41) is 20.3. The molecule has 0 spiro atoms. The number of carbonyl (C=O) groups is 1. The van der Waals surface area contributed by atoms with E-state index >= 15 is 0 Å². The molecule has 10 heteroatoms. The van der Waals surface area contributed by atoms with E-state index in [1.807, 2.05) is 6.07 Å². The highest BCUT2D eigenvalue weighted by Gasteiger charge is 2.47. The molecule has 2 aliphatic heterocycles. The molecule has 2 aliphatic rings. The van der Waals surface area contributed by atoms with Crippen LogP contribution < -0.4 is 10.2 Å². The summed E-state index contributed by atoms with van der Waals surface area (Å²) in [6, 6.07) is 4.34. The van der Waals surface area contributed by atoms with Crippen LogP contribution in [0.2, 0.25) is 5.15 Å². The highest BCUT2D eigenvalue weighted by molar-refractivity contribution is 6.29. The van der Waals surface area contributed by atoms with Crippen molar-refractivity contribution >= 4 is 23.3 Å². The summed E-state index contributed by atoms with van der Waals surface area (Å²) < 4.78 is 26.9. The molecule has 0 bridgehead atoms. The van der Waals surface area contributed by atoms with Gasteiger partial charge in [0.15, 0.2) is 11.0 Å². The molecule has 2 fully saturated rings. The summed E-state index contributed by atoms with van der Waals surface area (Å²) in [6.45, 7) is 0.759. The quantitative estimate of drug-likeness (QED) is 0.845. The number of anilines is 1. The second kappa shape index (κ2) is 7.68. The number of amides is 1. The Bertz CT molecular complexity index is 687. The maximum atomic E-state index is 13.4. The number of nitrogens with one attached hydrogen (secondary N) is 1. The molecule has 1 atom stereocenters. The van der Waals surface area contributed by atoms with Crippen molar-refractivity contribution in [2.24, 2.45) is 0 Å². The van der Waals surface area contributed by atoms with Gasteiger partial charge in [-0.25, -0.2) is 8.78 Å². The van der Waals surface area contributed by atoms with Crippen LogP contribution in [-0.2, 0) is 4.79 Å². The Labute approximate surface area is 154 Å². The Kier molecular flexibility index (Phi) is 5.53. The van der Waals surface area contributed by atoms with Gasteiger partial charge >= 0.3 is 0 Å². The van der Waals surface area contributed by atoms with Gasteiger partial charge in [-0.15, -0.1) is 10.2 Å². The minimum Gasteiger partial charge on any atom is -0.355 e. The molecule has 1 unspecified atom stereocenters. The van der Waals surface area contributed by atoms with E-state index in [0.29, 0.717) is 5.15 Å². The molecule has 26 heavy (non-hydrogen) atoms. The molecule has 1 aromatic heterocycles. The van der Waals surface area contributed by atoms with Crippen molar-refractivity contribution in [3.8, 4) is 6.07 Å². The maximum Gasteiger partial charge on any atom is 0.268 e. The molecule has 1 amide bonds. The third kappa shape index (κ3) is 4.37. The highest BCUT2D eigenvalue weighted by atomic mass is 35.5. The Morgan fingerprint density at radius 3 is 2.73 bits per heavy atom. The fourth-order valence-corrected chi connectivity index (χ4v) is 3.42. The molecular formula is C16H19ClF2N6O. The number of carbonyl (C=O) groups excluding carboxylic acids is 1. The molecule has 0 aliphatic carbocycles. The predicted octanol–water partition coefficient (Wildman–Crippen LogP) is 1.45. The lowest BCUT2D eigenvalue weighted by Gasteiger charge is -2.33. The Morgan fingerprint density at radius 2 is 2.12 bits per heavy atom. The van der Waals surface area contributed by atoms with E-state index in [2.05, 4.69) is 20.4 Å². The molecule has 0 saturated carbocycles. The summed E-state index contributed by atoms with van der Waals surface area (Å²) in [7, 11) is 0. The molecule has 0 radical (unpaired) electrons. The van der Waals surface area contributed by atoms with Crippen molar-refractivity contribution in [3.05, 3.63) is 17.3 Å². The molecular weight excluding hydrogens is 366 g/mol. The molecule has 7 nitrogen and oxygen atoms in total. The minimum absolute atomic E-state index is 0.0420. The number of halogens is 3. The Balaban J connectivity index is 1.46. The zero-order chi connectivity index (χ0) is 18.7. The number of likely N-dealkylation sites (tertiary alicyclic amines) is 1. The number of piperidine rings is 1. The summed E-state index contributed by atoms with van der Waals surface area (Å²) in [4.78, 5) is 15.3. The van der Waals surface area contributed by atoms with Gasteiger partial charge in [0.1, 0.15) is 6.04 Å². The number of hydrogen-bond acceptors (Lipinski definition) is 6. The van der Waals surface area contributed by atoms with E-state index in [9.17, 15) is 13.6 Å². The molecule has 2 saturated heterocycles. The van der Waals surface area contributed by atoms with E-state index in [0.717, 1.165) is 36.6 Å². The fraction of sp³-hybridized carbons (Fsp3) is 0.625. The topological polar surface area (TPSA) is 85.2 Å². The van der Waals surface area contributed by atoms with Gasteiger partial charge in [-0.2, -0.15) is 5.26 Å². The van der Waals surface area contributed by atoms with E-state index in [4.69, 9.17) is 16.9 Å². The van der Waals surface area contributed by atoms with Crippen LogP contribution in [0.3, 0.4) is 0 Å². The maximum absolute atomic E-state index is 13.4. The van der Waals surface area contributed by atoms with Crippen LogP contribution >= 0.6 is 11.6 Å². The lowest BCUT2D eigenvalue weighted by molar-refractivity contribution is -0.131. The van der Waals surface area contributed by atoms with Gasteiger partial charge in [0.2, 0.25) is 5.91 Å². The average Bonchev–Trinajstić information content (AvgIpc) is 2.96. The monoisotopic (exact) mass is 384 g/mol. The molecule has 3 rings (SSSR count). The minimum atomic E-state index is -2.99. The van der Waals surface area contributed by atoms with Gasteiger partial charge in [0.25, 0.3) is 5.92 Å². The lowest BCUT2D eigenvalue weighted by atomic mass is 10.1. The van der Waals surface area contributed by atoms with Crippen LogP contribution in [0.15, 0.2) is 12.1 Å². The van der Waals surface area contributed by atoms with Crippen molar-refractivity contribution in [1.29, 1.82) is 5.26 Å². The normalized spacial score (nSPS) is 23.1. The first-order valence-corrected chi connectivity index (χ1v) is 8.80. The summed E-state index contributed by atoms with van der Waals surface area (Å²) >= 11 is 5.73. The number of hydrogen-bond donors (Lipinski definition) is 1. The standard InChI is InChI=1S/C16H19ClF2N6O/c17-13-1-2-14(23-22-13)24-5-3-11(4-6-24)21-9-15(26)25-10-16(18,19)7-12(25)8-20/h1-2,11-12,21H,3-7,9-10H2. The van der Waals surface area contributed by atoms with E-state index in [1.165, 1.54) is 0 Å². The van der Waals surface area contributed by atoms with E-state index in [1.54, 1.807) is 12.1 Å². The van der Waals surface area contributed by atoms with Crippen LogP contribution in [0, 0.1) is 11.3 Å². The highest BCUT2D eigenvalue weighted by Crippen LogP contribution is 2.31. The molecule has 1 N–H and O–H groups in total. The van der Waals surface area contributed by atoms with Gasteiger partial charge in [0, 0.05) is 25.6 Å². The second-order valence-corrected chi connectivity index (χ2v) is 6.97. The number of aromatic nitrogens is 2. The van der Waals surface area contributed by atoms with Crippen molar-refractivity contribution in [1.82, 2.24) is 20.4 Å². The number of nitrogens with zero attached hydrogens (tertiary/aromatic N) is 5. The molecule has 0 aromatic carbocycles. The van der Waals surface area contributed by atoms with Crippen molar-refractivity contribution in [3.63, 3.8) is 0 Å². The van der Waals surface area contributed by atoms with Crippen molar-refractivity contribution < 1.29 is 13.6 Å². The van der Waals surface area contributed by atoms with E-state index in [-0.39, 0.29) is 12.6 Å². The van der Waals surface area contributed by atoms with E-state index < -0.39 is 30.8 Å². The van der Waals surface area contributed by atoms with Crippen LogP contribution in [-0.4, -0.2) is 65.2 Å². The van der Waals surface area contributed by atoms with Gasteiger partial charge in [0.05, 0.1) is 19.2 Å². The number of rotatable bonds is 4. The molecule has 3 heterocycles. The molecule has 140 valence electrons. The van der Waals surface area contributed by atoms with Gasteiger partial charge in [-0.1, -0.05) is 11.6 Å². The number of alkyl halides is 2. The first-order chi connectivity index (χ1) is 12.4. The average molecular weight is 385 g/mol. The fourth-order valence-electron chi connectivity index (χ4n) is 3.32. The van der Waals surface area contributed by atoms with Gasteiger partial charge in [-0.05, 0) is 25.0 Å². The Hall–Kier alpha value is -2.05.